The summed E-state index contributed by atoms with van der Waals surface area (Å²) >= 11 is 0. The SMILES string of the molecule is C=CCNC(=O)CC[n+]1ccc(C)cc1. The van der Waals surface area contributed by atoms with Crippen molar-refractivity contribution < 1.29 is 9.36 Å². The summed E-state index contributed by atoms with van der Waals surface area (Å²) in [5, 5.41) is 2.74. The summed E-state index contributed by atoms with van der Waals surface area (Å²) < 4.78 is 2.00. The molecule has 15 heavy (non-hydrogen) atoms. The molecule has 0 fully saturated rings. The van der Waals surface area contributed by atoms with E-state index in [9.17, 15) is 4.79 Å². The Morgan fingerprint density at radius 1 is 1.53 bits per heavy atom. The van der Waals surface area contributed by atoms with Crippen LogP contribution in [-0.2, 0) is 11.3 Å². The first-order chi connectivity index (χ1) is 7.22. The van der Waals surface area contributed by atoms with Crippen molar-refractivity contribution >= 4 is 5.91 Å². The second-order valence-electron chi connectivity index (χ2n) is 3.46. The second kappa shape index (κ2) is 5.96. The highest BCUT2D eigenvalue weighted by Gasteiger charge is 2.04. The molecule has 1 amide bonds. The topological polar surface area (TPSA) is 33.0 Å². The maximum atomic E-state index is 11.3. The van der Waals surface area contributed by atoms with Crippen LogP contribution in [0.3, 0.4) is 0 Å². The van der Waals surface area contributed by atoms with Crippen molar-refractivity contribution in [3.05, 3.63) is 42.7 Å². The van der Waals surface area contributed by atoms with Crippen molar-refractivity contribution in [3.63, 3.8) is 0 Å². The smallest absolute Gasteiger partial charge is 0.226 e. The molecule has 1 aromatic heterocycles. The number of pyridine rings is 1. The minimum absolute atomic E-state index is 0.0583. The molecule has 0 aliphatic carbocycles. The summed E-state index contributed by atoms with van der Waals surface area (Å²) in [4.78, 5) is 11.3. The van der Waals surface area contributed by atoms with E-state index in [1.807, 2.05) is 36.0 Å². The molecule has 0 aromatic carbocycles. The highest BCUT2D eigenvalue weighted by atomic mass is 16.1. The second-order valence-corrected chi connectivity index (χ2v) is 3.46. The molecule has 3 nitrogen and oxygen atoms in total. The minimum atomic E-state index is 0.0583. The van der Waals surface area contributed by atoms with Crippen LogP contribution in [0.1, 0.15) is 12.0 Å². The van der Waals surface area contributed by atoms with Crippen LogP contribution in [0.15, 0.2) is 37.2 Å². The fourth-order valence-electron chi connectivity index (χ4n) is 1.19. The molecule has 1 aromatic rings. The number of hydrogen-bond acceptors (Lipinski definition) is 1. The Bertz CT molecular complexity index is 330. The third-order valence-electron chi connectivity index (χ3n) is 2.10. The van der Waals surface area contributed by atoms with Gasteiger partial charge < -0.3 is 5.32 Å². The van der Waals surface area contributed by atoms with Crippen LogP contribution in [0.2, 0.25) is 0 Å². The van der Waals surface area contributed by atoms with Gasteiger partial charge in [-0.05, 0) is 12.5 Å². The number of carbonyl (C=O) groups excluding carboxylic acids is 1. The first-order valence-corrected chi connectivity index (χ1v) is 5.05. The number of hydrogen-bond donors (Lipinski definition) is 1. The number of aryl methyl sites for hydroxylation is 2. The lowest BCUT2D eigenvalue weighted by Gasteiger charge is -1.99. The predicted molar refractivity (Wildman–Crippen MR) is 59.2 cm³/mol. The van der Waals surface area contributed by atoms with E-state index in [0.717, 1.165) is 0 Å². The average Bonchev–Trinajstić information content (AvgIpc) is 2.25. The lowest BCUT2D eigenvalue weighted by atomic mass is 10.3. The molecule has 0 bridgehead atoms. The van der Waals surface area contributed by atoms with Gasteiger partial charge in [0, 0.05) is 18.7 Å². The normalized spacial score (nSPS) is 9.67. The van der Waals surface area contributed by atoms with E-state index in [1.54, 1.807) is 6.08 Å². The molecular weight excluding hydrogens is 188 g/mol. The van der Waals surface area contributed by atoms with Crippen LogP contribution in [0, 0.1) is 6.92 Å². The van der Waals surface area contributed by atoms with Crippen LogP contribution in [0.5, 0.6) is 0 Å². The van der Waals surface area contributed by atoms with Crippen LogP contribution in [-0.4, -0.2) is 12.5 Å². The maximum Gasteiger partial charge on any atom is 0.226 e. The summed E-state index contributed by atoms with van der Waals surface area (Å²) in [6.07, 6.45) is 6.14. The third kappa shape index (κ3) is 4.40. The van der Waals surface area contributed by atoms with E-state index in [2.05, 4.69) is 11.9 Å². The van der Waals surface area contributed by atoms with Gasteiger partial charge in [-0.15, -0.1) is 6.58 Å². The van der Waals surface area contributed by atoms with Crippen molar-refractivity contribution in [1.82, 2.24) is 5.32 Å². The molecule has 0 radical (unpaired) electrons. The highest BCUT2D eigenvalue weighted by molar-refractivity contribution is 5.75. The zero-order valence-electron chi connectivity index (χ0n) is 9.07. The molecule has 3 heteroatoms. The van der Waals surface area contributed by atoms with Gasteiger partial charge in [-0.2, -0.15) is 0 Å². The van der Waals surface area contributed by atoms with Crippen molar-refractivity contribution in [2.24, 2.45) is 0 Å². The van der Waals surface area contributed by atoms with Crippen LogP contribution in [0.4, 0.5) is 0 Å². The fraction of sp³-hybridized carbons (Fsp3) is 0.333. The molecule has 80 valence electrons. The van der Waals surface area contributed by atoms with E-state index >= 15 is 0 Å². The molecule has 0 spiro atoms. The highest BCUT2D eigenvalue weighted by Crippen LogP contribution is 1.90. The van der Waals surface area contributed by atoms with Crippen LogP contribution in [0.25, 0.3) is 0 Å². The Morgan fingerprint density at radius 3 is 2.80 bits per heavy atom. The molecule has 1 N–H and O–H groups in total. The molecule has 0 atom stereocenters. The van der Waals surface area contributed by atoms with Crippen molar-refractivity contribution in [2.45, 2.75) is 19.9 Å². The summed E-state index contributed by atoms with van der Waals surface area (Å²) in [6.45, 7) is 6.83. The molecule has 1 heterocycles. The quantitative estimate of drug-likeness (QED) is 0.564. The number of amides is 1. The first kappa shape index (κ1) is 11.4. The van der Waals surface area contributed by atoms with E-state index in [1.165, 1.54) is 5.56 Å². The maximum absolute atomic E-state index is 11.3. The van der Waals surface area contributed by atoms with Gasteiger partial charge in [0.15, 0.2) is 18.9 Å². The summed E-state index contributed by atoms with van der Waals surface area (Å²) in [6, 6.07) is 4.06. The van der Waals surface area contributed by atoms with Crippen LogP contribution < -0.4 is 9.88 Å². The number of carbonyl (C=O) groups is 1. The number of nitrogens with one attached hydrogen (secondary N) is 1. The number of rotatable bonds is 5. The molecule has 0 saturated carbocycles. The first-order valence-electron chi connectivity index (χ1n) is 5.05. The fourth-order valence-corrected chi connectivity index (χ4v) is 1.19. The molecular formula is C12H17N2O+. The predicted octanol–water partition coefficient (Wildman–Crippen LogP) is 0.975. The van der Waals surface area contributed by atoms with Crippen molar-refractivity contribution in [3.8, 4) is 0 Å². The summed E-state index contributed by atoms with van der Waals surface area (Å²) in [5.41, 5.74) is 1.22. The third-order valence-corrected chi connectivity index (χ3v) is 2.10. The lowest BCUT2D eigenvalue weighted by Crippen LogP contribution is -2.36. The molecule has 0 aliphatic heterocycles. The average molecular weight is 205 g/mol. The summed E-state index contributed by atoms with van der Waals surface area (Å²) in [5.74, 6) is 0.0583. The Kier molecular flexibility index (Phi) is 4.54. The van der Waals surface area contributed by atoms with Gasteiger partial charge >= 0.3 is 0 Å². The Balaban J connectivity index is 2.33. The zero-order valence-corrected chi connectivity index (χ0v) is 9.07. The molecule has 0 unspecified atom stereocenters. The Morgan fingerprint density at radius 2 is 2.20 bits per heavy atom. The lowest BCUT2D eigenvalue weighted by molar-refractivity contribution is -0.695. The largest absolute Gasteiger partial charge is 0.352 e. The van der Waals surface area contributed by atoms with Gasteiger partial charge in [-0.3, -0.25) is 4.79 Å². The van der Waals surface area contributed by atoms with Gasteiger partial charge in [-0.25, -0.2) is 4.57 Å². The Labute approximate surface area is 90.4 Å². The Hall–Kier alpha value is -1.64. The zero-order chi connectivity index (χ0) is 11.1. The number of nitrogens with zero attached hydrogens (tertiary/aromatic N) is 1. The van der Waals surface area contributed by atoms with Gasteiger partial charge in [0.1, 0.15) is 0 Å². The molecule has 1 rings (SSSR count). The van der Waals surface area contributed by atoms with Crippen molar-refractivity contribution in [2.75, 3.05) is 6.54 Å². The molecule has 0 saturated heterocycles. The van der Waals surface area contributed by atoms with E-state index < -0.39 is 0 Å². The van der Waals surface area contributed by atoms with E-state index in [-0.39, 0.29) is 5.91 Å². The standard InChI is InChI=1S/C12H16N2O/c1-3-7-13-12(15)6-10-14-8-4-11(2)5-9-14/h3-5,8-9H,1,6-7,10H2,2H3/p+1. The van der Waals surface area contributed by atoms with Gasteiger partial charge in [0.25, 0.3) is 0 Å². The van der Waals surface area contributed by atoms with Crippen molar-refractivity contribution in [1.29, 1.82) is 0 Å². The van der Waals surface area contributed by atoms with Gasteiger partial charge in [-0.1, -0.05) is 6.08 Å². The van der Waals surface area contributed by atoms with Crippen LogP contribution >= 0.6 is 0 Å². The van der Waals surface area contributed by atoms with Gasteiger partial charge in [0.2, 0.25) is 5.91 Å². The molecule has 0 aliphatic rings. The van der Waals surface area contributed by atoms with Gasteiger partial charge in [0.05, 0.1) is 6.42 Å². The minimum Gasteiger partial charge on any atom is -0.352 e. The van der Waals surface area contributed by atoms with E-state index in [0.29, 0.717) is 19.5 Å². The monoisotopic (exact) mass is 205 g/mol. The van der Waals surface area contributed by atoms with E-state index in [4.69, 9.17) is 0 Å². The summed E-state index contributed by atoms with van der Waals surface area (Å²) in [7, 11) is 0. The number of aromatic nitrogens is 1.